The highest BCUT2D eigenvalue weighted by Crippen LogP contribution is 2.33. The molecule has 0 unspecified atom stereocenters. The lowest BCUT2D eigenvalue weighted by atomic mass is 9.95. The maximum Gasteiger partial charge on any atom is 0.341 e. The predicted octanol–water partition coefficient (Wildman–Crippen LogP) is 4.40. The number of rotatable bonds is 4. The molecule has 0 atom stereocenters. The Morgan fingerprint density at radius 1 is 1.09 bits per heavy atom. The van der Waals surface area contributed by atoms with E-state index >= 15 is 0 Å². The van der Waals surface area contributed by atoms with E-state index in [0.29, 0.717) is 34.7 Å². The van der Waals surface area contributed by atoms with Crippen LogP contribution in [0.3, 0.4) is 0 Å². The molecule has 2 aliphatic heterocycles. The van der Waals surface area contributed by atoms with Gasteiger partial charge in [-0.1, -0.05) is 23.5 Å². The molecule has 2 aliphatic rings. The zero-order chi connectivity index (χ0) is 24.7. The molecule has 1 saturated heterocycles. The van der Waals surface area contributed by atoms with Crippen molar-refractivity contribution in [3.05, 3.63) is 68.0 Å². The number of benzene rings is 2. The van der Waals surface area contributed by atoms with Crippen LogP contribution in [0.2, 0.25) is 5.02 Å². The fourth-order valence-corrected chi connectivity index (χ4v) is 5.72. The van der Waals surface area contributed by atoms with E-state index in [1.165, 1.54) is 11.9 Å². The molecule has 2 aromatic carbocycles. The van der Waals surface area contributed by atoms with Gasteiger partial charge in [0.25, 0.3) is 5.91 Å². The Hall–Kier alpha value is -2.68. The number of carbonyl (C=O) groups is 1. The maximum atomic E-state index is 13.2. The first-order valence-corrected chi connectivity index (χ1v) is 13.4. The summed E-state index contributed by atoms with van der Waals surface area (Å²) < 4.78 is 8.97. The Bertz CT molecular complexity index is 1350. The van der Waals surface area contributed by atoms with Gasteiger partial charge in [-0.2, -0.15) is 0 Å². The second-order valence-electron chi connectivity index (χ2n) is 9.20. The molecule has 1 N–H and O–H groups in total. The van der Waals surface area contributed by atoms with Crippen LogP contribution in [-0.2, 0) is 13.0 Å². The number of hydrogen-bond acceptors (Lipinski definition) is 7. The van der Waals surface area contributed by atoms with Crippen molar-refractivity contribution in [2.45, 2.75) is 19.9 Å². The number of halogens is 1. The first-order valence-electron chi connectivity index (χ1n) is 11.8. The summed E-state index contributed by atoms with van der Waals surface area (Å²) in [6, 6.07) is 9.45. The standard InChI is InChI=1S/C26H29ClN4O3S/c1-16-23(30-12-10-29(2)11-13-30)7-5-19-18-8-9-31(15-20(18)26(33)34-24(16)19)25(32)17-4-6-22(28-35-3)21(27)14-17/h4-7,14,28H,8-13,15H2,1-3H3. The summed E-state index contributed by atoms with van der Waals surface area (Å²) in [5.74, 6) is -0.144. The van der Waals surface area contributed by atoms with Crippen LogP contribution < -0.4 is 15.2 Å². The average molecular weight is 513 g/mol. The smallest absolute Gasteiger partial charge is 0.341 e. The minimum absolute atomic E-state index is 0.144. The molecule has 3 aromatic rings. The molecule has 0 aliphatic carbocycles. The van der Waals surface area contributed by atoms with Crippen LogP contribution >= 0.6 is 23.5 Å². The van der Waals surface area contributed by atoms with Gasteiger partial charge >= 0.3 is 5.63 Å². The van der Waals surface area contributed by atoms with E-state index in [-0.39, 0.29) is 18.1 Å². The molecule has 0 radical (unpaired) electrons. The molecule has 0 bridgehead atoms. The van der Waals surface area contributed by atoms with Gasteiger partial charge in [0, 0.05) is 61.2 Å². The van der Waals surface area contributed by atoms with Crippen molar-refractivity contribution in [3.8, 4) is 0 Å². The quantitative estimate of drug-likeness (QED) is 0.410. The Labute approximate surface area is 214 Å². The number of nitrogens with zero attached hydrogens (tertiary/aromatic N) is 3. The van der Waals surface area contributed by atoms with Crippen LogP contribution in [0.5, 0.6) is 0 Å². The van der Waals surface area contributed by atoms with Crippen LogP contribution in [0.4, 0.5) is 11.4 Å². The molecule has 0 saturated carbocycles. The minimum atomic E-state index is -0.360. The lowest BCUT2D eigenvalue weighted by Crippen LogP contribution is -2.44. The van der Waals surface area contributed by atoms with Crippen molar-refractivity contribution in [2.24, 2.45) is 0 Å². The van der Waals surface area contributed by atoms with E-state index < -0.39 is 0 Å². The van der Waals surface area contributed by atoms with Crippen LogP contribution in [0.15, 0.2) is 39.5 Å². The fourth-order valence-electron chi connectivity index (χ4n) is 5.04. The van der Waals surface area contributed by atoms with Crippen molar-refractivity contribution in [2.75, 3.05) is 55.6 Å². The zero-order valence-corrected chi connectivity index (χ0v) is 21.8. The Morgan fingerprint density at radius 2 is 1.86 bits per heavy atom. The summed E-state index contributed by atoms with van der Waals surface area (Å²) in [7, 11) is 2.14. The van der Waals surface area contributed by atoms with Gasteiger partial charge in [0.2, 0.25) is 0 Å². The summed E-state index contributed by atoms with van der Waals surface area (Å²) in [5.41, 5.74) is 5.24. The number of likely N-dealkylation sites (N-methyl/N-ethyl adjacent to an activating group) is 1. The second-order valence-corrected chi connectivity index (χ2v) is 10.2. The van der Waals surface area contributed by atoms with E-state index in [2.05, 4.69) is 33.7 Å². The van der Waals surface area contributed by atoms with Crippen molar-refractivity contribution >= 4 is 51.8 Å². The summed E-state index contributed by atoms with van der Waals surface area (Å²) in [5, 5.41) is 1.46. The van der Waals surface area contributed by atoms with Crippen molar-refractivity contribution < 1.29 is 9.21 Å². The SMILES string of the molecule is CSNc1ccc(C(=O)N2CCc3c(c(=O)oc4c(C)c(N5CCN(C)CC5)ccc34)C2)cc1Cl. The van der Waals surface area contributed by atoms with E-state index in [1.54, 1.807) is 23.1 Å². The topological polar surface area (TPSA) is 69.0 Å². The summed E-state index contributed by atoms with van der Waals surface area (Å²) in [6.45, 7) is 6.72. The Morgan fingerprint density at radius 3 is 2.57 bits per heavy atom. The third-order valence-corrected chi connectivity index (χ3v) is 7.78. The number of amides is 1. The van der Waals surface area contributed by atoms with Crippen LogP contribution in [0, 0.1) is 6.92 Å². The normalized spacial score (nSPS) is 16.5. The molecule has 0 spiro atoms. The number of piperazine rings is 1. The van der Waals surface area contributed by atoms with E-state index in [9.17, 15) is 9.59 Å². The molecule has 1 amide bonds. The molecule has 3 heterocycles. The van der Waals surface area contributed by atoms with Crippen molar-refractivity contribution in [1.82, 2.24) is 9.80 Å². The van der Waals surface area contributed by atoms with Gasteiger partial charge in [-0.3, -0.25) is 4.79 Å². The number of fused-ring (bicyclic) bond motifs is 3. The van der Waals surface area contributed by atoms with Gasteiger partial charge in [0.05, 0.1) is 22.8 Å². The number of hydrogen-bond donors (Lipinski definition) is 1. The highest BCUT2D eigenvalue weighted by Gasteiger charge is 2.28. The molecule has 1 fully saturated rings. The Balaban J connectivity index is 1.44. The highest BCUT2D eigenvalue weighted by molar-refractivity contribution is 7.99. The van der Waals surface area contributed by atoms with Gasteiger partial charge in [-0.15, -0.1) is 0 Å². The number of aryl methyl sites for hydroxylation is 1. The highest BCUT2D eigenvalue weighted by atomic mass is 35.5. The average Bonchev–Trinajstić information content (AvgIpc) is 2.86. The molecule has 35 heavy (non-hydrogen) atoms. The number of carbonyl (C=O) groups excluding carboxylic acids is 1. The third kappa shape index (κ3) is 4.50. The molecular weight excluding hydrogens is 484 g/mol. The molecular formula is C26H29ClN4O3S. The number of anilines is 2. The largest absolute Gasteiger partial charge is 0.422 e. The molecule has 9 heteroatoms. The van der Waals surface area contributed by atoms with Crippen LogP contribution in [-0.4, -0.2) is 61.7 Å². The van der Waals surface area contributed by atoms with Gasteiger partial charge in [-0.25, -0.2) is 4.79 Å². The first-order chi connectivity index (χ1) is 16.9. The molecule has 7 nitrogen and oxygen atoms in total. The monoisotopic (exact) mass is 512 g/mol. The van der Waals surface area contributed by atoms with Gasteiger partial charge in [0.1, 0.15) is 5.58 Å². The van der Waals surface area contributed by atoms with Gasteiger partial charge in [-0.05, 0) is 56.3 Å². The summed E-state index contributed by atoms with van der Waals surface area (Å²) in [6.07, 6.45) is 2.51. The molecule has 5 rings (SSSR count). The second kappa shape index (κ2) is 9.76. The fraction of sp³-hybridized carbons (Fsp3) is 0.385. The number of nitrogens with one attached hydrogen (secondary N) is 1. The van der Waals surface area contributed by atoms with Crippen LogP contribution in [0.25, 0.3) is 11.0 Å². The van der Waals surface area contributed by atoms with Crippen LogP contribution in [0.1, 0.15) is 27.0 Å². The maximum absolute atomic E-state index is 13.2. The van der Waals surface area contributed by atoms with Crippen molar-refractivity contribution in [1.29, 1.82) is 0 Å². The van der Waals surface area contributed by atoms with E-state index in [1.807, 2.05) is 13.2 Å². The third-order valence-electron chi connectivity index (χ3n) is 7.05. The Kier molecular flexibility index (Phi) is 6.70. The van der Waals surface area contributed by atoms with E-state index in [0.717, 1.165) is 54.1 Å². The lowest BCUT2D eigenvalue weighted by Gasteiger charge is -2.35. The lowest BCUT2D eigenvalue weighted by molar-refractivity contribution is 0.0733. The molecule has 184 valence electrons. The first kappa shape index (κ1) is 24.0. The summed E-state index contributed by atoms with van der Waals surface area (Å²) in [4.78, 5) is 32.7. The predicted molar refractivity (Wildman–Crippen MR) is 144 cm³/mol. The zero-order valence-electron chi connectivity index (χ0n) is 20.2. The summed E-state index contributed by atoms with van der Waals surface area (Å²) >= 11 is 7.77. The molecule has 1 aromatic heterocycles. The minimum Gasteiger partial charge on any atom is -0.422 e. The van der Waals surface area contributed by atoms with E-state index in [4.69, 9.17) is 16.0 Å². The van der Waals surface area contributed by atoms with Crippen molar-refractivity contribution in [3.63, 3.8) is 0 Å². The van der Waals surface area contributed by atoms with Gasteiger partial charge in [0.15, 0.2) is 0 Å². The van der Waals surface area contributed by atoms with Gasteiger partial charge < -0.3 is 23.8 Å².